The molecule has 1 rings (SSSR count). The van der Waals surface area contributed by atoms with Crippen LogP contribution in [-0.2, 0) is 14.3 Å². The third-order valence-electron chi connectivity index (χ3n) is 3.18. The van der Waals surface area contributed by atoms with Crippen LogP contribution in [0.5, 0.6) is 0 Å². The van der Waals surface area contributed by atoms with E-state index in [-0.39, 0.29) is 24.2 Å². The number of methoxy groups -OCH3 is 1. The summed E-state index contributed by atoms with van der Waals surface area (Å²) in [7, 11) is 1.58. The summed E-state index contributed by atoms with van der Waals surface area (Å²) in [4.78, 5) is 23.1. The number of ether oxygens (including phenoxy) is 1. The van der Waals surface area contributed by atoms with Crippen LogP contribution in [0.1, 0.15) is 26.2 Å². The maximum Gasteiger partial charge on any atom is 0.240 e. The first-order valence-corrected chi connectivity index (χ1v) is 6.31. The second kappa shape index (κ2) is 6.70. The van der Waals surface area contributed by atoms with Crippen molar-refractivity contribution in [2.75, 3.05) is 26.8 Å². The lowest BCUT2D eigenvalue weighted by atomic mass is 9.96. The Labute approximate surface area is 108 Å². The van der Waals surface area contributed by atoms with Gasteiger partial charge in [-0.25, -0.2) is 0 Å². The quantitative estimate of drug-likeness (QED) is 0.505. The van der Waals surface area contributed by atoms with E-state index in [1.165, 1.54) is 0 Å². The van der Waals surface area contributed by atoms with E-state index >= 15 is 0 Å². The topological polar surface area (TPSA) is 93.5 Å². The molecule has 0 bridgehead atoms. The van der Waals surface area contributed by atoms with Crippen LogP contribution >= 0.6 is 0 Å². The summed E-state index contributed by atoms with van der Waals surface area (Å²) in [6.07, 6.45) is 2.28. The fraction of sp³-hybridized carbons (Fsp3) is 0.833. The van der Waals surface area contributed by atoms with Gasteiger partial charge in [0.25, 0.3) is 0 Å². The smallest absolute Gasteiger partial charge is 0.240 e. The van der Waals surface area contributed by atoms with Crippen molar-refractivity contribution in [2.45, 2.75) is 31.7 Å². The summed E-state index contributed by atoms with van der Waals surface area (Å²) in [5.74, 6) is 0.0141. The van der Waals surface area contributed by atoms with Crippen LogP contribution in [-0.4, -0.2) is 44.2 Å². The van der Waals surface area contributed by atoms with Gasteiger partial charge in [0.15, 0.2) is 0 Å². The first-order chi connectivity index (χ1) is 8.48. The van der Waals surface area contributed by atoms with Crippen molar-refractivity contribution in [3.63, 3.8) is 0 Å². The van der Waals surface area contributed by atoms with E-state index < -0.39 is 5.54 Å². The summed E-state index contributed by atoms with van der Waals surface area (Å²) in [5, 5.41) is 5.39. The molecule has 1 saturated carbocycles. The van der Waals surface area contributed by atoms with Gasteiger partial charge >= 0.3 is 0 Å². The average molecular weight is 257 g/mol. The van der Waals surface area contributed by atoms with Gasteiger partial charge in [-0.1, -0.05) is 0 Å². The van der Waals surface area contributed by atoms with Gasteiger partial charge in [-0.3, -0.25) is 9.59 Å². The molecule has 0 aromatic carbocycles. The Bertz CT molecular complexity index is 301. The lowest BCUT2D eigenvalue weighted by Gasteiger charge is -2.23. The Balaban J connectivity index is 2.13. The van der Waals surface area contributed by atoms with Crippen molar-refractivity contribution in [3.05, 3.63) is 0 Å². The number of hydrogen-bond acceptors (Lipinski definition) is 4. The summed E-state index contributed by atoms with van der Waals surface area (Å²) < 4.78 is 4.81. The van der Waals surface area contributed by atoms with Crippen LogP contribution in [0.3, 0.4) is 0 Å². The molecule has 0 aromatic rings. The van der Waals surface area contributed by atoms with Crippen molar-refractivity contribution in [1.29, 1.82) is 0 Å². The van der Waals surface area contributed by atoms with E-state index in [1.807, 2.05) is 0 Å². The van der Waals surface area contributed by atoms with Crippen LogP contribution in [0.2, 0.25) is 0 Å². The van der Waals surface area contributed by atoms with Gasteiger partial charge in [0.1, 0.15) is 0 Å². The third-order valence-corrected chi connectivity index (χ3v) is 3.18. The number of amides is 2. The predicted molar refractivity (Wildman–Crippen MR) is 67.8 cm³/mol. The standard InChI is InChI=1S/C12H23N3O3/c1-12(13,9-3-4-9)11(17)15-6-5-10(16)14-7-8-18-2/h9H,3-8,13H2,1-2H3,(H,14,16)(H,15,17). The summed E-state index contributed by atoms with van der Waals surface area (Å²) >= 11 is 0. The predicted octanol–water partition coefficient (Wildman–Crippen LogP) is -0.617. The monoisotopic (exact) mass is 257 g/mol. The minimum absolute atomic E-state index is 0.0995. The van der Waals surface area contributed by atoms with E-state index in [2.05, 4.69) is 10.6 Å². The van der Waals surface area contributed by atoms with E-state index in [4.69, 9.17) is 10.5 Å². The molecule has 4 N–H and O–H groups in total. The highest BCUT2D eigenvalue weighted by molar-refractivity contribution is 5.87. The number of nitrogens with one attached hydrogen (secondary N) is 2. The van der Waals surface area contributed by atoms with E-state index in [0.717, 1.165) is 12.8 Å². The normalized spacial score (nSPS) is 17.9. The second-order valence-electron chi connectivity index (χ2n) is 4.91. The molecular formula is C12H23N3O3. The molecule has 1 fully saturated rings. The Morgan fingerprint density at radius 2 is 2.00 bits per heavy atom. The van der Waals surface area contributed by atoms with Gasteiger partial charge in [0, 0.05) is 26.6 Å². The molecule has 1 aliphatic carbocycles. The van der Waals surface area contributed by atoms with E-state index in [1.54, 1.807) is 14.0 Å². The summed E-state index contributed by atoms with van der Waals surface area (Å²) in [6.45, 7) is 3.04. The second-order valence-corrected chi connectivity index (χ2v) is 4.91. The minimum Gasteiger partial charge on any atom is -0.383 e. The largest absolute Gasteiger partial charge is 0.383 e. The summed E-state index contributed by atoms with van der Waals surface area (Å²) in [6, 6.07) is 0. The van der Waals surface area contributed by atoms with Crippen LogP contribution in [0.25, 0.3) is 0 Å². The Morgan fingerprint density at radius 3 is 2.56 bits per heavy atom. The van der Waals surface area contributed by atoms with Crippen LogP contribution in [0.4, 0.5) is 0 Å². The van der Waals surface area contributed by atoms with E-state index in [0.29, 0.717) is 19.7 Å². The number of hydrogen-bond donors (Lipinski definition) is 3. The highest BCUT2D eigenvalue weighted by Gasteiger charge is 2.43. The highest BCUT2D eigenvalue weighted by atomic mass is 16.5. The van der Waals surface area contributed by atoms with Crippen molar-refractivity contribution >= 4 is 11.8 Å². The molecule has 0 aliphatic heterocycles. The zero-order valence-electron chi connectivity index (χ0n) is 11.1. The molecule has 18 heavy (non-hydrogen) atoms. The SMILES string of the molecule is COCCNC(=O)CCNC(=O)C(C)(N)C1CC1. The lowest BCUT2D eigenvalue weighted by Crippen LogP contribution is -2.53. The molecule has 1 aliphatic rings. The van der Waals surface area contributed by atoms with Gasteiger partial charge in [-0.15, -0.1) is 0 Å². The van der Waals surface area contributed by atoms with Crippen molar-refractivity contribution < 1.29 is 14.3 Å². The van der Waals surface area contributed by atoms with Crippen LogP contribution < -0.4 is 16.4 Å². The zero-order valence-corrected chi connectivity index (χ0v) is 11.1. The Kier molecular flexibility index (Phi) is 5.55. The Hall–Kier alpha value is -1.14. The first-order valence-electron chi connectivity index (χ1n) is 6.31. The van der Waals surface area contributed by atoms with Crippen LogP contribution in [0, 0.1) is 5.92 Å². The lowest BCUT2D eigenvalue weighted by molar-refractivity contribution is -0.126. The first kappa shape index (κ1) is 14.9. The molecular weight excluding hydrogens is 234 g/mol. The van der Waals surface area contributed by atoms with Crippen LogP contribution in [0.15, 0.2) is 0 Å². The van der Waals surface area contributed by atoms with Crippen molar-refractivity contribution in [3.8, 4) is 0 Å². The van der Waals surface area contributed by atoms with Gasteiger partial charge in [-0.2, -0.15) is 0 Å². The molecule has 0 spiro atoms. The highest BCUT2D eigenvalue weighted by Crippen LogP contribution is 2.37. The number of nitrogens with two attached hydrogens (primary N) is 1. The van der Waals surface area contributed by atoms with Gasteiger partial charge < -0.3 is 21.1 Å². The van der Waals surface area contributed by atoms with Crippen molar-refractivity contribution in [1.82, 2.24) is 10.6 Å². The molecule has 0 radical (unpaired) electrons. The van der Waals surface area contributed by atoms with E-state index in [9.17, 15) is 9.59 Å². The molecule has 0 aromatic heterocycles. The minimum atomic E-state index is -0.799. The zero-order chi connectivity index (χ0) is 13.6. The molecule has 1 atom stereocenters. The molecule has 6 heteroatoms. The molecule has 0 saturated heterocycles. The molecule has 104 valence electrons. The average Bonchev–Trinajstić information content (AvgIpc) is 3.13. The summed E-state index contributed by atoms with van der Waals surface area (Å²) in [5.41, 5.74) is 5.15. The molecule has 2 amide bonds. The fourth-order valence-corrected chi connectivity index (χ4v) is 1.73. The maximum atomic E-state index is 11.8. The van der Waals surface area contributed by atoms with Gasteiger partial charge in [-0.05, 0) is 25.7 Å². The fourth-order valence-electron chi connectivity index (χ4n) is 1.73. The number of carbonyl (C=O) groups excluding carboxylic acids is 2. The van der Waals surface area contributed by atoms with Gasteiger partial charge in [0.2, 0.25) is 11.8 Å². The van der Waals surface area contributed by atoms with Crippen molar-refractivity contribution in [2.24, 2.45) is 11.7 Å². The molecule has 6 nitrogen and oxygen atoms in total. The number of carbonyl (C=O) groups is 2. The maximum absolute atomic E-state index is 11.8. The number of rotatable bonds is 8. The van der Waals surface area contributed by atoms with Gasteiger partial charge in [0.05, 0.1) is 12.1 Å². The Morgan fingerprint density at radius 1 is 1.33 bits per heavy atom. The third kappa shape index (κ3) is 4.62. The molecule has 1 unspecified atom stereocenters. The molecule has 0 heterocycles.